The molecule has 22 heavy (non-hydrogen) atoms. The Morgan fingerprint density at radius 2 is 1.82 bits per heavy atom. The second-order valence-electron chi connectivity index (χ2n) is 7.59. The van der Waals surface area contributed by atoms with Crippen LogP contribution in [0.2, 0.25) is 18.1 Å². The van der Waals surface area contributed by atoms with Gasteiger partial charge in [-0.3, -0.25) is 9.59 Å². The van der Waals surface area contributed by atoms with Gasteiger partial charge in [-0.15, -0.1) is 0 Å². The zero-order chi connectivity index (χ0) is 16.7. The second kappa shape index (κ2) is 5.54. The monoisotopic (exact) mass is 318 g/mol. The van der Waals surface area contributed by atoms with E-state index < -0.39 is 8.24 Å². The standard InChI is InChI=1S/C11H22N2O2Si.C6H4/c1-8(14)12-9-7-13(10(9)15)16(5,6)11(2,3)4;1-2-5-4-6(5)3-1/h9H,7H2,1-6H3,(H,12,14);1-4H. The second-order valence-corrected chi connectivity index (χ2v) is 12.7. The van der Waals surface area contributed by atoms with Crippen molar-refractivity contribution in [1.29, 1.82) is 0 Å². The molecule has 1 N–H and O–H groups in total. The van der Waals surface area contributed by atoms with E-state index in [0.717, 1.165) is 0 Å². The van der Waals surface area contributed by atoms with E-state index in [1.165, 1.54) is 18.1 Å². The molecule has 2 amide bonds. The van der Waals surface area contributed by atoms with Gasteiger partial charge in [-0.25, -0.2) is 0 Å². The van der Waals surface area contributed by atoms with Crippen molar-refractivity contribution < 1.29 is 9.59 Å². The van der Waals surface area contributed by atoms with Crippen LogP contribution in [-0.2, 0) is 9.59 Å². The number of benzene rings is 1. The predicted octanol–water partition coefficient (Wildman–Crippen LogP) is 3.01. The number of carbonyl (C=O) groups is 2. The lowest BCUT2D eigenvalue weighted by atomic mass is 10.1. The summed E-state index contributed by atoms with van der Waals surface area (Å²) in [5, 5.41) is 2.83. The van der Waals surface area contributed by atoms with Crippen molar-refractivity contribution in [2.75, 3.05) is 6.54 Å². The maximum Gasteiger partial charge on any atom is 0.239 e. The summed E-state index contributed by atoms with van der Waals surface area (Å²) in [6.07, 6.45) is 0. The SMILES string of the molecule is CC(=O)NC1CN([Si](C)(C)C(C)(C)C)C1=O.c1cc2cc-2c1. The quantitative estimate of drug-likeness (QED) is 0.683. The molecule has 3 aliphatic rings. The van der Waals surface area contributed by atoms with E-state index in [1.54, 1.807) is 0 Å². The lowest BCUT2D eigenvalue weighted by molar-refractivity contribution is -0.140. The van der Waals surface area contributed by atoms with E-state index >= 15 is 0 Å². The van der Waals surface area contributed by atoms with Crippen molar-refractivity contribution in [3.8, 4) is 11.1 Å². The summed E-state index contributed by atoms with van der Waals surface area (Å²) in [6.45, 7) is 13.1. The Kier molecular flexibility index (Phi) is 4.21. The van der Waals surface area contributed by atoms with E-state index in [2.05, 4.69) is 63.4 Å². The summed E-state index contributed by atoms with van der Waals surface area (Å²) in [4.78, 5) is 22.8. The Morgan fingerprint density at radius 1 is 1.27 bits per heavy atom. The summed E-state index contributed by atoms with van der Waals surface area (Å²) in [7, 11) is -1.74. The number of rotatable bonds is 2. The summed E-state index contributed by atoms with van der Waals surface area (Å²) >= 11 is 0. The highest BCUT2D eigenvalue weighted by Gasteiger charge is 2.51. The van der Waals surface area contributed by atoms with Crippen molar-refractivity contribution in [2.45, 2.75) is 51.9 Å². The molecular formula is C17H26N2O2Si. The minimum atomic E-state index is -1.74. The van der Waals surface area contributed by atoms with E-state index in [9.17, 15) is 9.59 Å². The van der Waals surface area contributed by atoms with Gasteiger partial charge in [0.15, 0.2) is 8.24 Å². The van der Waals surface area contributed by atoms with Crippen LogP contribution in [0.4, 0.5) is 0 Å². The number of nitrogens with zero attached hydrogens (tertiary/aromatic N) is 1. The molecule has 1 heterocycles. The van der Waals surface area contributed by atoms with Crippen LogP contribution in [0.15, 0.2) is 24.3 Å². The van der Waals surface area contributed by atoms with Crippen LogP contribution in [0.5, 0.6) is 0 Å². The van der Waals surface area contributed by atoms with Gasteiger partial charge in [0.05, 0.1) is 0 Å². The van der Waals surface area contributed by atoms with Crippen molar-refractivity contribution in [3.05, 3.63) is 24.3 Å². The largest absolute Gasteiger partial charge is 0.365 e. The number of β-lactam (4-membered cyclic amide) rings is 1. The Balaban J connectivity index is 0.000000238. The van der Waals surface area contributed by atoms with Crippen LogP contribution < -0.4 is 5.32 Å². The summed E-state index contributed by atoms with van der Waals surface area (Å²) in [5.41, 5.74) is 2.85. The van der Waals surface area contributed by atoms with Crippen molar-refractivity contribution in [1.82, 2.24) is 9.88 Å². The van der Waals surface area contributed by atoms with Crippen LogP contribution in [0.1, 0.15) is 27.7 Å². The molecule has 1 unspecified atom stereocenters. The molecule has 0 aromatic heterocycles. The minimum Gasteiger partial charge on any atom is -0.365 e. The minimum absolute atomic E-state index is 0.0850. The van der Waals surface area contributed by atoms with Gasteiger partial charge in [0.2, 0.25) is 11.8 Å². The molecule has 0 aromatic carbocycles. The first-order chi connectivity index (χ1) is 10.0. The first-order valence-electron chi connectivity index (χ1n) is 7.73. The van der Waals surface area contributed by atoms with Gasteiger partial charge < -0.3 is 9.88 Å². The number of fused-ring (bicyclic) bond motifs is 1. The Labute approximate surface area is 134 Å². The summed E-state index contributed by atoms with van der Waals surface area (Å²) in [5.74, 6) is -0.0463. The molecular weight excluding hydrogens is 292 g/mol. The highest BCUT2D eigenvalue weighted by atomic mass is 28.3. The first kappa shape index (κ1) is 16.7. The number of amides is 2. The van der Waals surface area contributed by atoms with Crippen molar-refractivity contribution in [2.24, 2.45) is 0 Å². The lowest BCUT2D eigenvalue weighted by Crippen LogP contribution is -2.73. The van der Waals surface area contributed by atoms with Crippen molar-refractivity contribution >= 4 is 20.0 Å². The fraction of sp³-hybridized carbons (Fsp3) is 0.529. The van der Waals surface area contributed by atoms with Gasteiger partial charge in [0.1, 0.15) is 6.04 Å². The topological polar surface area (TPSA) is 49.4 Å². The summed E-state index contributed by atoms with van der Waals surface area (Å²) in [6, 6.07) is 8.20. The van der Waals surface area contributed by atoms with Crippen LogP contribution in [-0.4, -0.2) is 37.2 Å². The molecule has 0 bridgehead atoms. The van der Waals surface area contributed by atoms with Gasteiger partial charge >= 0.3 is 0 Å². The van der Waals surface area contributed by atoms with Gasteiger partial charge in [0.25, 0.3) is 0 Å². The first-order valence-corrected chi connectivity index (χ1v) is 10.7. The number of hydrogen-bond donors (Lipinski definition) is 1. The van der Waals surface area contributed by atoms with Gasteiger partial charge in [0, 0.05) is 13.5 Å². The fourth-order valence-electron chi connectivity index (χ4n) is 2.36. The van der Waals surface area contributed by atoms with Crippen LogP contribution >= 0.6 is 0 Å². The zero-order valence-corrected chi connectivity index (χ0v) is 15.4. The normalized spacial score (nSPS) is 18.9. The van der Waals surface area contributed by atoms with Gasteiger partial charge in [-0.1, -0.05) is 52.1 Å². The molecule has 0 radical (unpaired) electrons. The summed E-state index contributed by atoms with van der Waals surface area (Å²) < 4.78 is 1.98. The van der Waals surface area contributed by atoms with Gasteiger partial charge in [-0.2, -0.15) is 0 Å². The molecule has 1 saturated heterocycles. The molecule has 1 aliphatic heterocycles. The van der Waals surface area contributed by atoms with E-state index in [-0.39, 0.29) is 22.9 Å². The molecule has 120 valence electrons. The predicted molar refractivity (Wildman–Crippen MR) is 92.0 cm³/mol. The fourth-order valence-corrected chi connectivity index (χ4v) is 4.52. The average Bonchev–Trinajstić information content (AvgIpc) is 2.99. The maximum absolute atomic E-state index is 11.9. The molecule has 1 atom stereocenters. The molecule has 2 aliphatic carbocycles. The number of nitrogens with one attached hydrogen (secondary N) is 1. The average molecular weight is 318 g/mol. The molecule has 4 nitrogen and oxygen atoms in total. The number of carbonyl (C=O) groups excluding carboxylic acids is 2. The maximum atomic E-state index is 11.9. The van der Waals surface area contributed by atoms with Crippen molar-refractivity contribution in [3.63, 3.8) is 0 Å². The molecule has 0 spiro atoms. The molecule has 0 saturated carbocycles. The Morgan fingerprint density at radius 3 is 2.09 bits per heavy atom. The molecule has 1 fully saturated rings. The highest BCUT2D eigenvalue weighted by Crippen LogP contribution is 2.40. The smallest absolute Gasteiger partial charge is 0.239 e. The third-order valence-electron chi connectivity index (χ3n) is 4.93. The third-order valence-corrected chi connectivity index (χ3v) is 10.4. The van der Waals surface area contributed by atoms with E-state index in [4.69, 9.17) is 0 Å². The number of hydrogen-bond acceptors (Lipinski definition) is 2. The van der Waals surface area contributed by atoms with Gasteiger partial charge in [-0.05, 0) is 22.2 Å². The lowest BCUT2D eigenvalue weighted by Gasteiger charge is -2.53. The molecule has 0 aromatic rings. The van der Waals surface area contributed by atoms with E-state index in [0.29, 0.717) is 6.54 Å². The molecule has 5 heteroatoms. The molecule has 3 rings (SSSR count). The third kappa shape index (κ3) is 3.24. The Hall–Kier alpha value is -1.62. The van der Waals surface area contributed by atoms with Crippen LogP contribution in [0, 0.1) is 0 Å². The Bertz CT molecular complexity index is 588. The highest BCUT2D eigenvalue weighted by molar-refractivity contribution is 6.80. The van der Waals surface area contributed by atoms with E-state index in [1.807, 2.05) is 4.57 Å². The van der Waals surface area contributed by atoms with Crippen LogP contribution in [0.3, 0.4) is 0 Å². The zero-order valence-electron chi connectivity index (χ0n) is 14.4. The van der Waals surface area contributed by atoms with Crippen LogP contribution in [0.25, 0.3) is 11.1 Å².